The van der Waals surface area contributed by atoms with E-state index in [0.717, 1.165) is 23.2 Å². The van der Waals surface area contributed by atoms with Crippen LogP contribution in [0.25, 0.3) is 11.8 Å². The highest BCUT2D eigenvalue weighted by molar-refractivity contribution is 6.34. The average molecular weight is 255 g/mol. The summed E-state index contributed by atoms with van der Waals surface area (Å²) < 4.78 is 0. The Labute approximate surface area is 105 Å². The van der Waals surface area contributed by atoms with E-state index >= 15 is 0 Å². The Bertz CT molecular complexity index is 478. The number of hydrogen-bond acceptors (Lipinski definition) is 2. The zero-order valence-corrected chi connectivity index (χ0v) is 10.7. The number of halogens is 2. The standard InChI is InChI=1S/C12H12Cl2N2/c1-3-4-9-11-8(5-6-16(9)2)7-10(13)15-12(11)14/h4-7H,3H2,1-2H3/b9-4-. The van der Waals surface area contributed by atoms with Gasteiger partial charge in [-0.05, 0) is 24.1 Å². The van der Waals surface area contributed by atoms with Crippen LogP contribution in [-0.4, -0.2) is 16.9 Å². The van der Waals surface area contributed by atoms with E-state index in [1.807, 2.05) is 30.3 Å². The molecule has 0 radical (unpaired) electrons. The fourth-order valence-corrected chi connectivity index (χ4v) is 2.32. The highest BCUT2D eigenvalue weighted by atomic mass is 35.5. The molecule has 0 aromatic carbocycles. The normalized spacial score (nSPS) is 16.8. The lowest BCUT2D eigenvalue weighted by Crippen LogP contribution is -2.14. The van der Waals surface area contributed by atoms with Crippen molar-refractivity contribution in [2.24, 2.45) is 0 Å². The summed E-state index contributed by atoms with van der Waals surface area (Å²) in [5, 5.41) is 0.882. The van der Waals surface area contributed by atoms with Crippen molar-refractivity contribution in [1.29, 1.82) is 0 Å². The monoisotopic (exact) mass is 254 g/mol. The molecule has 1 aliphatic heterocycles. The van der Waals surface area contributed by atoms with Gasteiger partial charge in [-0.15, -0.1) is 0 Å². The quantitative estimate of drug-likeness (QED) is 0.703. The van der Waals surface area contributed by atoms with Gasteiger partial charge < -0.3 is 4.90 Å². The highest BCUT2D eigenvalue weighted by Crippen LogP contribution is 2.34. The van der Waals surface area contributed by atoms with E-state index in [2.05, 4.69) is 18.0 Å². The van der Waals surface area contributed by atoms with Gasteiger partial charge in [0.1, 0.15) is 10.3 Å². The van der Waals surface area contributed by atoms with Crippen molar-refractivity contribution in [3.05, 3.63) is 39.8 Å². The summed E-state index contributed by atoms with van der Waals surface area (Å²) >= 11 is 12.0. The molecule has 1 aliphatic rings. The number of pyridine rings is 1. The van der Waals surface area contributed by atoms with Crippen LogP contribution in [0.5, 0.6) is 0 Å². The molecule has 16 heavy (non-hydrogen) atoms. The number of fused-ring (bicyclic) bond motifs is 1. The van der Waals surface area contributed by atoms with Crippen molar-refractivity contribution in [1.82, 2.24) is 9.88 Å². The van der Waals surface area contributed by atoms with Gasteiger partial charge in [-0.25, -0.2) is 4.98 Å². The number of allylic oxidation sites excluding steroid dienone is 1. The maximum Gasteiger partial charge on any atom is 0.140 e. The van der Waals surface area contributed by atoms with Gasteiger partial charge in [0, 0.05) is 24.5 Å². The Morgan fingerprint density at radius 1 is 1.44 bits per heavy atom. The zero-order valence-electron chi connectivity index (χ0n) is 9.17. The molecule has 84 valence electrons. The molecule has 4 heteroatoms. The summed E-state index contributed by atoms with van der Waals surface area (Å²) in [5.74, 6) is 0. The number of aromatic nitrogens is 1. The molecule has 0 unspecified atom stereocenters. The first-order valence-electron chi connectivity index (χ1n) is 5.11. The van der Waals surface area contributed by atoms with Crippen molar-refractivity contribution in [2.75, 3.05) is 7.05 Å². The Balaban J connectivity index is 2.65. The summed E-state index contributed by atoms with van der Waals surface area (Å²) in [6, 6.07) is 1.83. The third-order valence-electron chi connectivity index (χ3n) is 2.49. The molecule has 0 saturated carbocycles. The van der Waals surface area contributed by atoms with Crippen molar-refractivity contribution >= 4 is 35.0 Å². The predicted octanol–water partition coefficient (Wildman–Crippen LogP) is 4.06. The second-order valence-corrected chi connectivity index (χ2v) is 4.37. The van der Waals surface area contributed by atoms with Gasteiger partial charge in [-0.3, -0.25) is 0 Å². The Kier molecular flexibility index (Phi) is 3.22. The third-order valence-corrected chi connectivity index (χ3v) is 2.95. The molecule has 2 nitrogen and oxygen atoms in total. The SMILES string of the molecule is CC/C=C1/c2c(cc(Cl)nc2Cl)C=CN1C. The molecule has 0 fully saturated rings. The van der Waals surface area contributed by atoms with Crippen molar-refractivity contribution in [3.8, 4) is 0 Å². The Morgan fingerprint density at radius 3 is 2.88 bits per heavy atom. The van der Waals surface area contributed by atoms with Crippen LogP contribution in [0.1, 0.15) is 24.5 Å². The fourth-order valence-electron chi connectivity index (χ4n) is 1.77. The van der Waals surface area contributed by atoms with Gasteiger partial charge in [0.25, 0.3) is 0 Å². The van der Waals surface area contributed by atoms with Crippen LogP contribution in [0.2, 0.25) is 10.3 Å². The summed E-state index contributed by atoms with van der Waals surface area (Å²) in [5.41, 5.74) is 3.05. The van der Waals surface area contributed by atoms with E-state index in [0.29, 0.717) is 10.3 Å². The van der Waals surface area contributed by atoms with E-state index in [-0.39, 0.29) is 0 Å². The molecule has 0 N–H and O–H groups in total. The lowest BCUT2D eigenvalue weighted by Gasteiger charge is -2.25. The van der Waals surface area contributed by atoms with Gasteiger partial charge in [-0.2, -0.15) is 0 Å². The highest BCUT2D eigenvalue weighted by Gasteiger charge is 2.18. The number of hydrogen-bond donors (Lipinski definition) is 0. The van der Waals surface area contributed by atoms with Crippen molar-refractivity contribution < 1.29 is 0 Å². The molecule has 2 rings (SSSR count). The van der Waals surface area contributed by atoms with Crippen LogP contribution in [0.3, 0.4) is 0 Å². The molecule has 0 spiro atoms. The molecular weight excluding hydrogens is 243 g/mol. The largest absolute Gasteiger partial charge is 0.351 e. The topological polar surface area (TPSA) is 16.1 Å². The molecule has 1 aromatic rings. The first-order chi connectivity index (χ1) is 7.63. The predicted molar refractivity (Wildman–Crippen MR) is 69.3 cm³/mol. The van der Waals surface area contributed by atoms with E-state index in [4.69, 9.17) is 23.2 Å². The van der Waals surface area contributed by atoms with E-state index in [9.17, 15) is 0 Å². The summed E-state index contributed by atoms with van der Waals surface area (Å²) in [6.07, 6.45) is 7.06. The van der Waals surface area contributed by atoms with E-state index in [1.165, 1.54) is 0 Å². The van der Waals surface area contributed by atoms with Crippen LogP contribution in [0.4, 0.5) is 0 Å². The maximum atomic E-state index is 6.15. The fraction of sp³-hybridized carbons (Fsp3) is 0.250. The molecule has 1 aromatic heterocycles. The first-order valence-corrected chi connectivity index (χ1v) is 5.86. The van der Waals surface area contributed by atoms with Crippen LogP contribution in [-0.2, 0) is 0 Å². The van der Waals surface area contributed by atoms with E-state index in [1.54, 1.807) is 0 Å². The van der Waals surface area contributed by atoms with Gasteiger partial charge in [0.2, 0.25) is 0 Å². The molecule has 0 atom stereocenters. The zero-order chi connectivity index (χ0) is 11.7. The van der Waals surface area contributed by atoms with Gasteiger partial charge in [0.05, 0.1) is 0 Å². The Hall–Kier alpha value is -0.990. The smallest absolute Gasteiger partial charge is 0.140 e. The second kappa shape index (κ2) is 4.48. The first kappa shape index (κ1) is 11.5. The molecule has 0 saturated heterocycles. The van der Waals surface area contributed by atoms with Crippen molar-refractivity contribution in [2.45, 2.75) is 13.3 Å². The minimum atomic E-state index is 0.425. The molecule has 2 heterocycles. The number of nitrogens with zero attached hydrogens (tertiary/aromatic N) is 2. The minimum absolute atomic E-state index is 0.425. The van der Waals surface area contributed by atoms with Crippen LogP contribution >= 0.6 is 23.2 Å². The van der Waals surface area contributed by atoms with Gasteiger partial charge in [-0.1, -0.05) is 36.2 Å². The summed E-state index contributed by atoms with van der Waals surface area (Å²) in [6.45, 7) is 2.09. The van der Waals surface area contributed by atoms with Crippen molar-refractivity contribution in [3.63, 3.8) is 0 Å². The average Bonchev–Trinajstić information content (AvgIpc) is 2.22. The minimum Gasteiger partial charge on any atom is -0.351 e. The molecule has 0 bridgehead atoms. The molecule has 0 aliphatic carbocycles. The third kappa shape index (κ3) is 1.95. The van der Waals surface area contributed by atoms with Gasteiger partial charge >= 0.3 is 0 Å². The van der Waals surface area contributed by atoms with Gasteiger partial charge in [0.15, 0.2) is 0 Å². The van der Waals surface area contributed by atoms with Crippen LogP contribution < -0.4 is 0 Å². The number of rotatable bonds is 1. The van der Waals surface area contributed by atoms with Crippen LogP contribution in [0.15, 0.2) is 18.3 Å². The maximum absolute atomic E-state index is 6.15. The van der Waals surface area contributed by atoms with Crippen LogP contribution in [0, 0.1) is 0 Å². The molecular formula is C12H12Cl2N2. The lowest BCUT2D eigenvalue weighted by molar-refractivity contribution is 0.651. The Morgan fingerprint density at radius 2 is 2.19 bits per heavy atom. The summed E-state index contributed by atoms with van der Waals surface area (Å²) in [4.78, 5) is 6.12. The second-order valence-electron chi connectivity index (χ2n) is 3.62. The lowest BCUT2D eigenvalue weighted by atomic mass is 10.0. The summed E-state index contributed by atoms with van der Waals surface area (Å²) in [7, 11) is 1.99. The molecule has 0 amide bonds. The van der Waals surface area contributed by atoms with E-state index < -0.39 is 0 Å².